The first-order chi connectivity index (χ1) is 15.7. The maximum Gasteiger partial charge on any atom is 0.260 e. The average molecular weight is 430 g/mol. The Balaban J connectivity index is 1.25. The number of amides is 1. The predicted molar refractivity (Wildman–Crippen MR) is 127 cm³/mol. The van der Waals surface area contributed by atoms with Crippen LogP contribution in [0.25, 0.3) is 11.1 Å². The first-order valence-electron chi connectivity index (χ1n) is 11.5. The van der Waals surface area contributed by atoms with Crippen molar-refractivity contribution in [3.8, 4) is 16.9 Å². The smallest absolute Gasteiger partial charge is 0.260 e. The maximum absolute atomic E-state index is 12.8. The molecular weight excluding hydrogens is 398 g/mol. The molecule has 1 aliphatic rings. The molecule has 0 unspecified atom stereocenters. The fraction of sp³-hybridized carbons (Fsp3) is 0.321. The lowest BCUT2D eigenvalue weighted by Crippen LogP contribution is -2.41. The zero-order chi connectivity index (χ0) is 22.2. The number of para-hydroxylation sites is 1. The van der Waals surface area contributed by atoms with Crippen molar-refractivity contribution in [3.63, 3.8) is 0 Å². The van der Waals surface area contributed by atoms with E-state index in [1.165, 1.54) is 5.56 Å². The van der Waals surface area contributed by atoms with Crippen molar-refractivity contribution in [3.05, 3.63) is 90.0 Å². The van der Waals surface area contributed by atoms with Crippen LogP contribution in [0.4, 0.5) is 0 Å². The van der Waals surface area contributed by atoms with Crippen LogP contribution in [0.5, 0.6) is 5.75 Å². The first kappa shape index (κ1) is 22.1. The molecule has 4 nitrogen and oxygen atoms in total. The van der Waals surface area contributed by atoms with Crippen LogP contribution in [0.3, 0.4) is 0 Å². The minimum Gasteiger partial charge on any atom is -0.483 e. The van der Waals surface area contributed by atoms with Gasteiger partial charge in [-0.05, 0) is 54.4 Å². The SMILES string of the molecule is O=C(COc1ccccc1-c1ccccc1)N1CCC(CCc2cccc(CO)c2)CC1. The molecule has 0 radical (unpaired) electrons. The number of aryl methyl sites for hydroxylation is 1. The Morgan fingerprint density at radius 1 is 0.906 bits per heavy atom. The highest BCUT2D eigenvalue weighted by Crippen LogP contribution is 2.30. The summed E-state index contributed by atoms with van der Waals surface area (Å²) >= 11 is 0. The Kier molecular flexibility index (Phi) is 7.57. The van der Waals surface area contributed by atoms with Gasteiger partial charge in [-0.15, -0.1) is 0 Å². The van der Waals surface area contributed by atoms with Crippen LogP contribution in [-0.2, 0) is 17.8 Å². The Morgan fingerprint density at radius 2 is 1.62 bits per heavy atom. The predicted octanol–water partition coefficient (Wildman–Crippen LogP) is 5.10. The molecule has 1 fully saturated rings. The fourth-order valence-corrected chi connectivity index (χ4v) is 4.40. The number of hydrogen-bond acceptors (Lipinski definition) is 3. The van der Waals surface area contributed by atoms with Gasteiger partial charge in [0.25, 0.3) is 5.91 Å². The monoisotopic (exact) mass is 429 g/mol. The van der Waals surface area contributed by atoms with Crippen molar-refractivity contribution >= 4 is 5.91 Å². The number of aliphatic hydroxyl groups is 1. The third kappa shape index (κ3) is 5.77. The largest absolute Gasteiger partial charge is 0.483 e. The normalized spacial score (nSPS) is 14.3. The maximum atomic E-state index is 12.8. The van der Waals surface area contributed by atoms with E-state index in [0.717, 1.165) is 61.2 Å². The first-order valence-corrected chi connectivity index (χ1v) is 11.5. The quantitative estimate of drug-likeness (QED) is 0.542. The van der Waals surface area contributed by atoms with E-state index in [9.17, 15) is 9.90 Å². The molecule has 3 aromatic carbocycles. The molecular formula is C28H31NO3. The van der Waals surface area contributed by atoms with E-state index in [2.05, 4.69) is 24.3 Å². The Hall–Kier alpha value is -3.11. The second-order valence-corrected chi connectivity index (χ2v) is 8.49. The summed E-state index contributed by atoms with van der Waals surface area (Å²) in [4.78, 5) is 14.7. The van der Waals surface area contributed by atoms with Crippen LogP contribution >= 0.6 is 0 Å². The Labute approximate surface area is 190 Å². The van der Waals surface area contributed by atoms with Crippen molar-refractivity contribution in [1.82, 2.24) is 4.90 Å². The molecule has 0 aliphatic carbocycles. The van der Waals surface area contributed by atoms with Gasteiger partial charge < -0.3 is 14.7 Å². The van der Waals surface area contributed by atoms with Gasteiger partial charge in [0.15, 0.2) is 6.61 Å². The highest BCUT2D eigenvalue weighted by molar-refractivity contribution is 5.78. The summed E-state index contributed by atoms with van der Waals surface area (Å²) in [5, 5.41) is 9.30. The molecule has 1 heterocycles. The van der Waals surface area contributed by atoms with Crippen LogP contribution in [-0.4, -0.2) is 35.6 Å². The van der Waals surface area contributed by atoms with Gasteiger partial charge in [-0.3, -0.25) is 4.79 Å². The zero-order valence-corrected chi connectivity index (χ0v) is 18.5. The highest BCUT2D eigenvalue weighted by atomic mass is 16.5. The molecule has 0 saturated carbocycles. The van der Waals surface area contributed by atoms with Crippen molar-refractivity contribution in [1.29, 1.82) is 0 Å². The fourth-order valence-electron chi connectivity index (χ4n) is 4.40. The van der Waals surface area contributed by atoms with E-state index in [4.69, 9.17) is 4.74 Å². The van der Waals surface area contributed by atoms with Gasteiger partial charge in [-0.25, -0.2) is 0 Å². The number of nitrogens with zero attached hydrogens (tertiary/aromatic N) is 1. The molecule has 0 bridgehead atoms. The number of ether oxygens (including phenoxy) is 1. The number of likely N-dealkylation sites (tertiary alicyclic amines) is 1. The summed E-state index contributed by atoms with van der Waals surface area (Å²) in [5.41, 5.74) is 4.34. The van der Waals surface area contributed by atoms with Gasteiger partial charge in [0.1, 0.15) is 5.75 Å². The summed E-state index contributed by atoms with van der Waals surface area (Å²) in [5.74, 6) is 1.44. The molecule has 0 aromatic heterocycles. The number of rotatable bonds is 8. The number of carbonyl (C=O) groups excluding carboxylic acids is 1. The minimum atomic E-state index is 0.0574. The van der Waals surface area contributed by atoms with Gasteiger partial charge >= 0.3 is 0 Å². The summed E-state index contributed by atoms with van der Waals surface area (Å²) in [6, 6.07) is 26.2. The van der Waals surface area contributed by atoms with Gasteiger partial charge in [-0.2, -0.15) is 0 Å². The molecule has 3 aromatic rings. The van der Waals surface area contributed by atoms with Crippen molar-refractivity contribution in [2.24, 2.45) is 5.92 Å². The third-order valence-electron chi connectivity index (χ3n) is 6.31. The topological polar surface area (TPSA) is 49.8 Å². The molecule has 4 rings (SSSR count). The summed E-state index contributed by atoms with van der Waals surface area (Å²) in [7, 11) is 0. The lowest BCUT2D eigenvalue weighted by molar-refractivity contribution is -0.134. The van der Waals surface area contributed by atoms with Crippen molar-refractivity contribution < 1.29 is 14.6 Å². The zero-order valence-electron chi connectivity index (χ0n) is 18.5. The van der Waals surface area contributed by atoms with Crippen molar-refractivity contribution in [2.75, 3.05) is 19.7 Å². The molecule has 32 heavy (non-hydrogen) atoms. The van der Waals surface area contributed by atoms with Crippen molar-refractivity contribution in [2.45, 2.75) is 32.3 Å². The standard InChI is InChI=1S/C28H31NO3/c30-20-24-8-6-7-23(19-24)14-13-22-15-17-29(18-16-22)28(31)21-32-27-12-5-4-11-26(27)25-9-2-1-3-10-25/h1-12,19,22,30H,13-18,20-21H2. The van der Waals surface area contributed by atoms with Crippen LogP contribution in [0.1, 0.15) is 30.4 Å². The highest BCUT2D eigenvalue weighted by Gasteiger charge is 2.23. The van der Waals surface area contributed by atoms with Crippen LogP contribution < -0.4 is 4.74 Å². The lowest BCUT2D eigenvalue weighted by atomic mass is 9.90. The summed E-state index contributed by atoms with van der Waals surface area (Å²) < 4.78 is 5.95. The molecule has 0 spiro atoms. The van der Waals surface area contributed by atoms with E-state index < -0.39 is 0 Å². The Bertz CT molecular complexity index is 1010. The lowest BCUT2D eigenvalue weighted by Gasteiger charge is -2.32. The number of piperidine rings is 1. The van der Waals surface area contributed by atoms with E-state index in [-0.39, 0.29) is 19.1 Å². The minimum absolute atomic E-state index is 0.0574. The molecule has 1 saturated heterocycles. The summed E-state index contributed by atoms with van der Waals surface area (Å²) in [6.07, 6.45) is 4.21. The number of aliphatic hydroxyl groups excluding tert-OH is 1. The Morgan fingerprint density at radius 3 is 2.41 bits per heavy atom. The van der Waals surface area contributed by atoms with Gasteiger partial charge in [-0.1, -0.05) is 72.8 Å². The van der Waals surface area contributed by atoms with Gasteiger partial charge in [0.05, 0.1) is 6.61 Å². The number of carbonyl (C=O) groups is 1. The van der Waals surface area contributed by atoms with E-state index in [1.807, 2.05) is 59.5 Å². The third-order valence-corrected chi connectivity index (χ3v) is 6.31. The van der Waals surface area contributed by atoms with E-state index in [0.29, 0.717) is 5.92 Å². The van der Waals surface area contributed by atoms with Crippen LogP contribution in [0.15, 0.2) is 78.9 Å². The van der Waals surface area contributed by atoms with Crippen LogP contribution in [0.2, 0.25) is 0 Å². The molecule has 4 heteroatoms. The van der Waals surface area contributed by atoms with Crippen LogP contribution in [0, 0.1) is 5.92 Å². The van der Waals surface area contributed by atoms with Gasteiger partial charge in [0.2, 0.25) is 0 Å². The second-order valence-electron chi connectivity index (χ2n) is 8.49. The molecule has 166 valence electrons. The second kappa shape index (κ2) is 11.0. The molecule has 1 amide bonds. The summed E-state index contributed by atoms with van der Waals surface area (Å²) in [6.45, 7) is 1.75. The molecule has 1 N–H and O–H groups in total. The van der Waals surface area contributed by atoms with E-state index >= 15 is 0 Å². The number of hydrogen-bond donors (Lipinski definition) is 1. The molecule has 1 aliphatic heterocycles. The average Bonchev–Trinajstić information content (AvgIpc) is 2.87. The molecule has 0 atom stereocenters. The van der Waals surface area contributed by atoms with E-state index in [1.54, 1.807) is 0 Å². The van der Waals surface area contributed by atoms with Gasteiger partial charge in [0, 0.05) is 18.7 Å². The number of benzene rings is 3.